The Labute approximate surface area is 188 Å². The van der Waals surface area contributed by atoms with Gasteiger partial charge in [-0.15, -0.1) is 0 Å². The summed E-state index contributed by atoms with van der Waals surface area (Å²) in [5.74, 6) is -0.0667. The molecule has 32 heavy (non-hydrogen) atoms. The Balaban J connectivity index is 1.61. The lowest BCUT2D eigenvalue weighted by Crippen LogP contribution is -2.24. The maximum Gasteiger partial charge on any atom is 0.234 e. The van der Waals surface area contributed by atoms with Gasteiger partial charge in [-0.2, -0.15) is 5.10 Å². The van der Waals surface area contributed by atoms with Crippen molar-refractivity contribution < 1.29 is 16.8 Å². The van der Waals surface area contributed by atoms with E-state index in [0.717, 1.165) is 22.2 Å². The quantitative estimate of drug-likeness (QED) is 0.571. The van der Waals surface area contributed by atoms with Gasteiger partial charge in [-0.3, -0.25) is 4.68 Å². The van der Waals surface area contributed by atoms with Gasteiger partial charge in [0.15, 0.2) is 9.84 Å². The van der Waals surface area contributed by atoms with Crippen LogP contribution in [0.15, 0.2) is 66.1 Å². The van der Waals surface area contributed by atoms with Crippen LogP contribution < -0.4 is 4.72 Å². The van der Waals surface area contributed by atoms with Crippen LogP contribution in [0.4, 0.5) is 0 Å². The highest BCUT2D eigenvalue weighted by Crippen LogP contribution is 2.26. The van der Waals surface area contributed by atoms with Crippen LogP contribution in [0.2, 0.25) is 0 Å². The third-order valence-corrected chi connectivity index (χ3v) is 8.16. The molecule has 0 unspecified atom stereocenters. The Kier molecular flexibility index (Phi) is 6.32. The summed E-state index contributed by atoms with van der Waals surface area (Å²) < 4.78 is 54.2. The zero-order chi connectivity index (χ0) is 22.8. The lowest BCUT2D eigenvalue weighted by molar-refractivity contribution is 0.576. The number of aromatic nitrogens is 2. The lowest BCUT2D eigenvalue weighted by Gasteiger charge is -2.15. The summed E-state index contributed by atoms with van der Waals surface area (Å²) in [5, 5.41) is 5.62. The molecule has 1 aromatic heterocycles. The fourth-order valence-corrected chi connectivity index (χ4v) is 6.22. The second-order valence-electron chi connectivity index (χ2n) is 7.89. The standard InChI is InChI=1S/C23H25N3O4S2/c1-18(20-10-6-3-7-11-20)25-32(29,30)15-12-22-21-17-31(27,28)14-13-23(21)26(24-22)16-19-8-4-2-5-9-19/h2-12,15,18,25H,13-14,16-17H2,1H3/t18-/m1/s1. The van der Waals surface area contributed by atoms with E-state index in [0.29, 0.717) is 24.2 Å². The number of hydrogen-bond acceptors (Lipinski definition) is 5. The zero-order valence-corrected chi connectivity index (χ0v) is 19.3. The number of rotatable bonds is 7. The van der Waals surface area contributed by atoms with E-state index in [1.54, 1.807) is 11.6 Å². The minimum Gasteiger partial charge on any atom is -0.264 e. The van der Waals surface area contributed by atoms with Crippen molar-refractivity contribution in [2.24, 2.45) is 0 Å². The molecule has 0 fully saturated rings. The van der Waals surface area contributed by atoms with Crippen LogP contribution in [0, 0.1) is 0 Å². The number of nitrogens with zero attached hydrogens (tertiary/aromatic N) is 2. The van der Waals surface area contributed by atoms with E-state index >= 15 is 0 Å². The molecule has 2 aromatic carbocycles. The first-order valence-electron chi connectivity index (χ1n) is 10.3. The van der Waals surface area contributed by atoms with Gasteiger partial charge in [0.25, 0.3) is 0 Å². The van der Waals surface area contributed by atoms with Crippen molar-refractivity contribution in [3.05, 3.63) is 94.1 Å². The maximum absolute atomic E-state index is 12.6. The SMILES string of the molecule is C[C@@H](NS(=O)(=O)C=Cc1nn(Cc2ccccc2)c2c1CS(=O)(=O)CC2)c1ccccc1. The van der Waals surface area contributed by atoms with Gasteiger partial charge in [0.05, 0.1) is 23.7 Å². The summed E-state index contributed by atoms with van der Waals surface area (Å²) in [4.78, 5) is 0. The maximum atomic E-state index is 12.6. The average molecular weight is 472 g/mol. The molecule has 1 N–H and O–H groups in total. The van der Waals surface area contributed by atoms with Crippen molar-refractivity contribution in [1.29, 1.82) is 0 Å². The summed E-state index contributed by atoms with van der Waals surface area (Å²) in [6.07, 6.45) is 1.75. The van der Waals surface area contributed by atoms with Gasteiger partial charge in [0, 0.05) is 29.1 Å². The minimum absolute atomic E-state index is 0.0675. The molecule has 0 aliphatic carbocycles. The van der Waals surface area contributed by atoms with Crippen molar-refractivity contribution >= 4 is 25.9 Å². The second kappa shape index (κ2) is 9.01. The Morgan fingerprint density at radius 2 is 1.75 bits per heavy atom. The van der Waals surface area contributed by atoms with Gasteiger partial charge in [0.1, 0.15) is 0 Å². The van der Waals surface area contributed by atoms with Crippen LogP contribution in [-0.2, 0) is 38.6 Å². The second-order valence-corrected chi connectivity index (χ2v) is 11.7. The van der Waals surface area contributed by atoms with Crippen LogP contribution in [0.1, 0.15) is 41.0 Å². The Hall–Kier alpha value is -2.75. The number of nitrogens with one attached hydrogen (secondary N) is 1. The van der Waals surface area contributed by atoms with Crippen molar-refractivity contribution in [2.75, 3.05) is 5.75 Å². The molecule has 7 nitrogen and oxygen atoms in total. The fraction of sp³-hybridized carbons (Fsp3) is 0.261. The molecule has 0 spiro atoms. The molecule has 0 saturated carbocycles. The first-order chi connectivity index (χ1) is 15.2. The number of hydrogen-bond donors (Lipinski definition) is 1. The number of sulfone groups is 1. The van der Waals surface area contributed by atoms with Gasteiger partial charge in [-0.05, 0) is 24.1 Å². The highest BCUT2D eigenvalue weighted by atomic mass is 32.2. The topological polar surface area (TPSA) is 98.1 Å². The summed E-state index contributed by atoms with van der Waals surface area (Å²) in [6.45, 7) is 2.26. The van der Waals surface area contributed by atoms with Crippen molar-refractivity contribution in [2.45, 2.75) is 31.7 Å². The summed E-state index contributed by atoms with van der Waals surface area (Å²) >= 11 is 0. The third kappa shape index (κ3) is 5.35. The van der Waals surface area contributed by atoms with Crippen molar-refractivity contribution in [3.8, 4) is 0 Å². The molecule has 1 aliphatic heterocycles. The van der Waals surface area contributed by atoms with E-state index in [2.05, 4.69) is 9.82 Å². The molecule has 168 valence electrons. The molecule has 0 amide bonds. The van der Waals surface area contributed by atoms with Crippen molar-refractivity contribution in [1.82, 2.24) is 14.5 Å². The molecule has 0 radical (unpaired) electrons. The monoisotopic (exact) mass is 471 g/mol. The molecule has 1 atom stereocenters. The van der Waals surface area contributed by atoms with Crippen molar-refractivity contribution in [3.63, 3.8) is 0 Å². The van der Waals surface area contributed by atoms with Crippen LogP contribution in [-0.4, -0.2) is 32.4 Å². The molecule has 0 bridgehead atoms. The molecular weight excluding hydrogens is 446 g/mol. The highest BCUT2D eigenvalue weighted by Gasteiger charge is 2.28. The van der Waals surface area contributed by atoms with Gasteiger partial charge in [-0.1, -0.05) is 60.7 Å². The van der Waals surface area contributed by atoms with E-state index in [-0.39, 0.29) is 11.5 Å². The zero-order valence-electron chi connectivity index (χ0n) is 17.7. The lowest BCUT2D eigenvalue weighted by atomic mass is 10.1. The molecule has 0 saturated heterocycles. The van der Waals surface area contributed by atoms with E-state index in [9.17, 15) is 16.8 Å². The molecular formula is C23H25N3O4S2. The smallest absolute Gasteiger partial charge is 0.234 e. The van der Waals surface area contributed by atoms with E-state index in [1.807, 2.05) is 60.7 Å². The first-order valence-corrected chi connectivity index (χ1v) is 13.7. The molecule has 1 aliphatic rings. The highest BCUT2D eigenvalue weighted by molar-refractivity contribution is 7.92. The number of fused-ring (bicyclic) bond motifs is 1. The molecule has 9 heteroatoms. The van der Waals surface area contributed by atoms with Crippen LogP contribution >= 0.6 is 0 Å². The normalized spacial score (nSPS) is 16.7. The third-order valence-electron chi connectivity index (χ3n) is 5.43. The van der Waals surface area contributed by atoms with E-state index in [4.69, 9.17) is 0 Å². The molecule has 2 heterocycles. The largest absolute Gasteiger partial charge is 0.264 e. The van der Waals surface area contributed by atoms with E-state index in [1.165, 1.54) is 6.08 Å². The summed E-state index contributed by atoms with van der Waals surface area (Å²) in [7, 11) is -7.00. The van der Waals surface area contributed by atoms with Crippen LogP contribution in [0.25, 0.3) is 6.08 Å². The van der Waals surface area contributed by atoms with Gasteiger partial charge in [0.2, 0.25) is 10.0 Å². The van der Waals surface area contributed by atoms with E-state index < -0.39 is 25.9 Å². The molecule has 4 rings (SSSR count). The predicted octanol–water partition coefficient (Wildman–Crippen LogP) is 3.05. The Morgan fingerprint density at radius 1 is 1.09 bits per heavy atom. The summed E-state index contributed by atoms with van der Waals surface area (Å²) in [6, 6.07) is 18.6. The van der Waals surface area contributed by atoms with Gasteiger partial charge < -0.3 is 0 Å². The van der Waals surface area contributed by atoms with Gasteiger partial charge >= 0.3 is 0 Å². The average Bonchev–Trinajstić information content (AvgIpc) is 3.08. The summed E-state index contributed by atoms with van der Waals surface area (Å²) in [5.41, 5.74) is 3.67. The number of sulfonamides is 1. The van der Waals surface area contributed by atoms with Crippen LogP contribution in [0.5, 0.6) is 0 Å². The Bertz CT molecular complexity index is 1330. The fourth-order valence-electron chi connectivity index (χ4n) is 3.81. The number of benzene rings is 2. The Morgan fingerprint density at radius 3 is 2.44 bits per heavy atom. The van der Waals surface area contributed by atoms with Gasteiger partial charge in [-0.25, -0.2) is 21.6 Å². The van der Waals surface area contributed by atoms with Crippen LogP contribution in [0.3, 0.4) is 0 Å². The minimum atomic E-state index is -3.76. The first kappa shape index (κ1) is 22.4. The predicted molar refractivity (Wildman–Crippen MR) is 125 cm³/mol. The molecule has 3 aromatic rings.